The molecule has 0 aromatic carbocycles. The molecular weight excluding hydrogens is 340 g/mol. The normalized spacial score (nSPS) is 23.6. The molecule has 3 heterocycles. The van der Waals surface area contributed by atoms with Crippen molar-refractivity contribution in [3.8, 4) is 0 Å². The number of rotatable bonds is 4. The summed E-state index contributed by atoms with van der Waals surface area (Å²) < 4.78 is 23.4. The van der Waals surface area contributed by atoms with Crippen molar-refractivity contribution in [1.29, 1.82) is 0 Å². The second-order valence-corrected chi connectivity index (χ2v) is 9.07. The first-order valence-corrected chi connectivity index (χ1v) is 10.6. The number of anilines is 1. The maximum atomic E-state index is 12.8. The number of nitrogens with zero attached hydrogens (tertiary/aromatic N) is 4. The smallest absolute Gasteiger partial charge is 0.272 e. The summed E-state index contributed by atoms with van der Waals surface area (Å²) in [6.07, 6.45) is 2.26. The van der Waals surface area contributed by atoms with E-state index in [9.17, 15) is 13.2 Å². The van der Waals surface area contributed by atoms with E-state index >= 15 is 0 Å². The largest absolute Gasteiger partial charge is 0.368 e. The van der Waals surface area contributed by atoms with E-state index in [4.69, 9.17) is 0 Å². The summed E-state index contributed by atoms with van der Waals surface area (Å²) in [5.74, 6) is 0.0398. The zero-order valence-electron chi connectivity index (χ0n) is 14.9. The molecule has 3 rings (SSSR count). The number of sulfone groups is 1. The van der Waals surface area contributed by atoms with Crippen LogP contribution in [0.25, 0.3) is 0 Å². The number of piperazine rings is 1. The van der Waals surface area contributed by atoms with Gasteiger partial charge in [0.05, 0.1) is 23.4 Å². The van der Waals surface area contributed by atoms with Gasteiger partial charge in [0.1, 0.15) is 5.69 Å². The first-order valence-electron chi connectivity index (χ1n) is 8.80. The van der Waals surface area contributed by atoms with Gasteiger partial charge in [-0.05, 0) is 32.5 Å². The minimum absolute atomic E-state index is 0.0615. The fourth-order valence-corrected chi connectivity index (χ4v) is 5.23. The molecule has 2 aliphatic rings. The van der Waals surface area contributed by atoms with Crippen LogP contribution in [0.1, 0.15) is 23.8 Å². The van der Waals surface area contributed by atoms with Crippen LogP contribution in [0, 0.1) is 0 Å². The highest BCUT2D eigenvalue weighted by Gasteiger charge is 2.34. The number of pyridine rings is 1. The Balaban J connectivity index is 1.69. The fraction of sp³-hybridized carbons (Fsp3) is 0.647. The van der Waals surface area contributed by atoms with Crippen LogP contribution in [0.2, 0.25) is 0 Å². The molecule has 0 bridgehead atoms. The number of hydrogen-bond acceptors (Lipinski definition) is 6. The third kappa shape index (κ3) is 4.12. The van der Waals surface area contributed by atoms with Gasteiger partial charge >= 0.3 is 0 Å². The number of carbonyl (C=O) groups excluding carboxylic acids is 1. The highest BCUT2D eigenvalue weighted by Crippen LogP contribution is 2.21. The molecule has 2 saturated heterocycles. The Kier molecular flexibility index (Phi) is 5.29. The Bertz CT molecular complexity index is 712. The SMILES string of the molecule is CCN(C(=O)c1ccc(N2CCN(C)CC2)cn1)C1CCS(=O)(=O)C1. The molecule has 0 saturated carbocycles. The quantitative estimate of drug-likeness (QED) is 0.772. The molecule has 138 valence electrons. The van der Waals surface area contributed by atoms with Crippen LogP contribution in [-0.4, -0.2) is 86.4 Å². The van der Waals surface area contributed by atoms with Gasteiger partial charge in [-0.25, -0.2) is 13.4 Å². The molecule has 1 atom stereocenters. The Morgan fingerprint density at radius 1 is 1.28 bits per heavy atom. The van der Waals surface area contributed by atoms with Crippen molar-refractivity contribution in [3.05, 3.63) is 24.0 Å². The van der Waals surface area contributed by atoms with Crippen LogP contribution in [0.5, 0.6) is 0 Å². The lowest BCUT2D eigenvalue weighted by Crippen LogP contribution is -2.44. The lowest BCUT2D eigenvalue weighted by atomic mass is 10.2. The average molecular weight is 366 g/mol. The number of carbonyl (C=O) groups is 1. The van der Waals surface area contributed by atoms with Gasteiger partial charge in [-0.15, -0.1) is 0 Å². The lowest BCUT2D eigenvalue weighted by molar-refractivity contribution is 0.0702. The van der Waals surface area contributed by atoms with E-state index in [0.29, 0.717) is 18.7 Å². The maximum absolute atomic E-state index is 12.8. The molecule has 1 amide bonds. The van der Waals surface area contributed by atoms with Crippen molar-refractivity contribution < 1.29 is 13.2 Å². The standard InChI is InChI=1S/C17H26N4O3S/c1-3-21(15-6-11-25(23,24)13-15)17(22)16-5-4-14(12-18-16)20-9-7-19(2)8-10-20/h4-5,12,15H,3,6-11,13H2,1-2H3. The first kappa shape index (κ1) is 18.1. The van der Waals surface area contributed by atoms with Gasteiger partial charge in [0.25, 0.3) is 5.91 Å². The van der Waals surface area contributed by atoms with Crippen LogP contribution < -0.4 is 4.90 Å². The van der Waals surface area contributed by atoms with Gasteiger partial charge in [0.15, 0.2) is 9.84 Å². The Morgan fingerprint density at radius 2 is 2.00 bits per heavy atom. The minimum atomic E-state index is -3.02. The zero-order chi connectivity index (χ0) is 18.0. The Hall–Kier alpha value is -1.67. The van der Waals surface area contributed by atoms with E-state index in [0.717, 1.165) is 31.9 Å². The molecule has 2 fully saturated rings. The van der Waals surface area contributed by atoms with Gasteiger partial charge in [0.2, 0.25) is 0 Å². The molecule has 1 aromatic rings. The van der Waals surface area contributed by atoms with E-state index in [2.05, 4.69) is 21.8 Å². The van der Waals surface area contributed by atoms with E-state index in [-0.39, 0.29) is 23.5 Å². The summed E-state index contributed by atoms with van der Waals surface area (Å²) in [7, 11) is -0.906. The third-order valence-corrected chi connectivity index (χ3v) is 6.84. The van der Waals surface area contributed by atoms with Crippen molar-refractivity contribution in [1.82, 2.24) is 14.8 Å². The van der Waals surface area contributed by atoms with Gasteiger partial charge in [-0.1, -0.05) is 0 Å². The molecule has 1 unspecified atom stereocenters. The van der Waals surface area contributed by atoms with Crippen molar-refractivity contribution >= 4 is 21.4 Å². The molecule has 0 N–H and O–H groups in total. The highest BCUT2D eigenvalue weighted by atomic mass is 32.2. The third-order valence-electron chi connectivity index (χ3n) is 5.09. The summed E-state index contributed by atoms with van der Waals surface area (Å²) in [5.41, 5.74) is 1.40. The van der Waals surface area contributed by atoms with E-state index in [1.54, 1.807) is 17.2 Å². The van der Waals surface area contributed by atoms with Crippen LogP contribution in [0.15, 0.2) is 18.3 Å². The van der Waals surface area contributed by atoms with E-state index in [1.807, 2.05) is 13.0 Å². The molecule has 0 radical (unpaired) electrons. The fourth-order valence-electron chi connectivity index (χ4n) is 3.50. The number of amides is 1. The molecule has 8 heteroatoms. The summed E-state index contributed by atoms with van der Waals surface area (Å²) >= 11 is 0. The predicted molar refractivity (Wildman–Crippen MR) is 97.7 cm³/mol. The maximum Gasteiger partial charge on any atom is 0.272 e. The lowest BCUT2D eigenvalue weighted by Gasteiger charge is -2.34. The average Bonchev–Trinajstić information content (AvgIpc) is 2.96. The second kappa shape index (κ2) is 7.29. The first-order chi connectivity index (χ1) is 11.9. The summed E-state index contributed by atoms with van der Waals surface area (Å²) in [6.45, 7) is 6.29. The molecular formula is C17H26N4O3S. The van der Waals surface area contributed by atoms with Crippen molar-refractivity contribution in [3.63, 3.8) is 0 Å². The monoisotopic (exact) mass is 366 g/mol. The zero-order valence-corrected chi connectivity index (χ0v) is 15.7. The van der Waals surface area contributed by atoms with Crippen LogP contribution in [0.3, 0.4) is 0 Å². The summed E-state index contributed by atoms with van der Waals surface area (Å²) in [4.78, 5) is 23.3. The summed E-state index contributed by atoms with van der Waals surface area (Å²) in [5, 5.41) is 0. The van der Waals surface area contributed by atoms with Crippen molar-refractivity contribution in [2.45, 2.75) is 19.4 Å². The predicted octanol–water partition coefficient (Wildman–Crippen LogP) is 0.483. The van der Waals surface area contributed by atoms with Gasteiger partial charge in [0, 0.05) is 38.8 Å². The molecule has 7 nitrogen and oxygen atoms in total. The number of hydrogen-bond donors (Lipinski definition) is 0. The van der Waals surface area contributed by atoms with Gasteiger partial charge in [-0.3, -0.25) is 4.79 Å². The molecule has 25 heavy (non-hydrogen) atoms. The van der Waals surface area contributed by atoms with E-state index in [1.165, 1.54) is 0 Å². The number of aromatic nitrogens is 1. The Morgan fingerprint density at radius 3 is 2.52 bits per heavy atom. The topological polar surface area (TPSA) is 73.8 Å². The minimum Gasteiger partial charge on any atom is -0.368 e. The number of likely N-dealkylation sites (N-methyl/N-ethyl adjacent to an activating group) is 1. The van der Waals surface area contributed by atoms with Crippen molar-refractivity contribution in [2.75, 3.05) is 56.2 Å². The second-order valence-electron chi connectivity index (χ2n) is 6.84. The molecule has 1 aromatic heterocycles. The highest BCUT2D eigenvalue weighted by molar-refractivity contribution is 7.91. The van der Waals surface area contributed by atoms with Gasteiger partial charge < -0.3 is 14.7 Å². The molecule has 0 spiro atoms. The van der Waals surface area contributed by atoms with Gasteiger partial charge in [-0.2, -0.15) is 0 Å². The molecule has 2 aliphatic heterocycles. The van der Waals surface area contributed by atoms with Crippen LogP contribution in [-0.2, 0) is 9.84 Å². The van der Waals surface area contributed by atoms with E-state index < -0.39 is 9.84 Å². The van der Waals surface area contributed by atoms with Crippen molar-refractivity contribution in [2.24, 2.45) is 0 Å². The van der Waals surface area contributed by atoms with Crippen LogP contribution >= 0.6 is 0 Å². The Labute approximate surface area is 149 Å². The summed E-state index contributed by atoms with van der Waals surface area (Å²) in [6, 6.07) is 3.45. The molecule has 0 aliphatic carbocycles. The van der Waals surface area contributed by atoms with Crippen LogP contribution in [0.4, 0.5) is 5.69 Å².